The van der Waals surface area contributed by atoms with Crippen molar-refractivity contribution in [1.82, 2.24) is 15.0 Å². The van der Waals surface area contributed by atoms with Crippen LogP contribution in [0.2, 0.25) is 0 Å². The summed E-state index contributed by atoms with van der Waals surface area (Å²) in [7, 11) is 0. The third kappa shape index (κ3) is 2.75. The lowest BCUT2D eigenvalue weighted by atomic mass is 9.95. The number of ether oxygens (including phenoxy) is 2. The summed E-state index contributed by atoms with van der Waals surface area (Å²) in [4.78, 5) is 18.8. The fourth-order valence-electron chi connectivity index (χ4n) is 3.45. The number of aromatic nitrogens is 2. The Hall–Kier alpha value is -2.41. The van der Waals surface area contributed by atoms with E-state index in [1.165, 1.54) is 0 Å². The SMILES string of the molecule is Cc1cc(C(=O)N2CC[C@@H](Oc3ccccn3)[C@H]3OCC[C@@H]32)no1. The largest absolute Gasteiger partial charge is 0.471 e. The lowest BCUT2D eigenvalue weighted by Crippen LogP contribution is -2.56. The molecule has 2 aromatic rings. The van der Waals surface area contributed by atoms with E-state index in [0.29, 0.717) is 36.9 Å². The summed E-state index contributed by atoms with van der Waals surface area (Å²) < 4.78 is 16.9. The van der Waals surface area contributed by atoms with Gasteiger partial charge in [-0.25, -0.2) is 4.98 Å². The highest BCUT2D eigenvalue weighted by molar-refractivity contribution is 5.92. The number of hydrogen-bond donors (Lipinski definition) is 0. The molecule has 2 aliphatic rings. The fraction of sp³-hybridized carbons (Fsp3) is 0.471. The van der Waals surface area contributed by atoms with Crippen molar-refractivity contribution >= 4 is 5.91 Å². The number of likely N-dealkylation sites (tertiary alicyclic amines) is 1. The van der Waals surface area contributed by atoms with Crippen LogP contribution in [0.15, 0.2) is 35.0 Å². The van der Waals surface area contributed by atoms with E-state index in [2.05, 4.69) is 10.1 Å². The Morgan fingerprint density at radius 2 is 2.29 bits per heavy atom. The van der Waals surface area contributed by atoms with E-state index in [0.717, 1.165) is 6.42 Å². The van der Waals surface area contributed by atoms with Gasteiger partial charge >= 0.3 is 0 Å². The van der Waals surface area contributed by atoms with E-state index < -0.39 is 0 Å². The van der Waals surface area contributed by atoms with Gasteiger partial charge in [-0.3, -0.25) is 4.79 Å². The Kier molecular flexibility index (Phi) is 3.93. The van der Waals surface area contributed by atoms with Gasteiger partial charge in [-0.15, -0.1) is 0 Å². The van der Waals surface area contributed by atoms with E-state index in [1.54, 1.807) is 19.2 Å². The molecule has 1 amide bonds. The summed E-state index contributed by atoms with van der Waals surface area (Å²) in [5, 5.41) is 3.84. The van der Waals surface area contributed by atoms with Crippen molar-refractivity contribution in [3.63, 3.8) is 0 Å². The zero-order valence-electron chi connectivity index (χ0n) is 13.4. The van der Waals surface area contributed by atoms with Crippen molar-refractivity contribution < 1.29 is 18.8 Å². The van der Waals surface area contributed by atoms with E-state index in [4.69, 9.17) is 14.0 Å². The van der Waals surface area contributed by atoms with Crippen LogP contribution in [-0.4, -0.2) is 52.3 Å². The number of aryl methyl sites for hydroxylation is 1. The maximum Gasteiger partial charge on any atom is 0.276 e. The number of rotatable bonds is 3. The van der Waals surface area contributed by atoms with Gasteiger partial charge < -0.3 is 18.9 Å². The molecule has 126 valence electrons. The molecule has 2 aromatic heterocycles. The summed E-state index contributed by atoms with van der Waals surface area (Å²) in [5.41, 5.74) is 0.349. The number of amides is 1. The first-order valence-electron chi connectivity index (χ1n) is 8.16. The summed E-state index contributed by atoms with van der Waals surface area (Å²) in [6.07, 6.45) is 2.96. The molecule has 0 N–H and O–H groups in total. The number of carbonyl (C=O) groups excluding carboxylic acids is 1. The second-order valence-electron chi connectivity index (χ2n) is 6.13. The Morgan fingerprint density at radius 3 is 3.04 bits per heavy atom. The van der Waals surface area contributed by atoms with E-state index in [9.17, 15) is 4.79 Å². The fourth-order valence-corrected chi connectivity index (χ4v) is 3.45. The quantitative estimate of drug-likeness (QED) is 0.855. The molecule has 0 saturated carbocycles. The summed E-state index contributed by atoms with van der Waals surface area (Å²) in [5.74, 6) is 1.11. The van der Waals surface area contributed by atoms with Crippen LogP contribution in [0, 0.1) is 6.92 Å². The molecule has 2 fully saturated rings. The molecule has 3 atom stereocenters. The molecule has 4 heterocycles. The Labute approximate surface area is 139 Å². The number of hydrogen-bond acceptors (Lipinski definition) is 6. The molecular formula is C17H19N3O4. The normalized spacial score (nSPS) is 26.2. The molecule has 4 rings (SSSR count). The van der Waals surface area contributed by atoms with Gasteiger partial charge in [0.15, 0.2) is 5.69 Å². The monoisotopic (exact) mass is 329 g/mol. The predicted molar refractivity (Wildman–Crippen MR) is 83.7 cm³/mol. The molecule has 7 nitrogen and oxygen atoms in total. The first kappa shape index (κ1) is 15.1. The van der Waals surface area contributed by atoms with E-state index >= 15 is 0 Å². The van der Waals surface area contributed by atoms with Crippen LogP contribution in [-0.2, 0) is 4.74 Å². The highest BCUT2D eigenvalue weighted by atomic mass is 16.5. The molecule has 2 aliphatic heterocycles. The first-order valence-corrected chi connectivity index (χ1v) is 8.16. The van der Waals surface area contributed by atoms with Gasteiger partial charge in [0.1, 0.15) is 18.0 Å². The van der Waals surface area contributed by atoms with Crippen molar-refractivity contribution in [2.45, 2.75) is 38.0 Å². The Morgan fingerprint density at radius 1 is 1.38 bits per heavy atom. The van der Waals surface area contributed by atoms with Gasteiger partial charge in [0.25, 0.3) is 5.91 Å². The van der Waals surface area contributed by atoms with Gasteiger partial charge in [0.2, 0.25) is 5.88 Å². The third-order valence-corrected chi connectivity index (χ3v) is 4.54. The Balaban J connectivity index is 1.50. The molecule has 0 spiro atoms. The number of nitrogens with zero attached hydrogens (tertiary/aromatic N) is 3. The molecule has 0 bridgehead atoms. The standard InChI is InChI=1S/C17H19N3O4/c1-11-10-12(19-24-11)17(21)20-8-5-14(16-13(20)6-9-22-16)23-15-4-2-3-7-18-15/h2-4,7,10,13-14,16H,5-6,8-9H2,1H3/t13-,14+,16-/m0/s1. The number of piperidine rings is 1. The number of pyridine rings is 1. The van der Waals surface area contributed by atoms with Gasteiger partial charge in [-0.2, -0.15) is 0 Å². The van der Waals surface area contributed by atoms with Gasteiger partial charge in [-0.05, 0) is 19.4 Å². The molecule has 0 aliphatic carbocycles. The zero-order chi connectivity index (χ0) is 16.5. The zero-order valence-corrected chi connectivity index (χ0v) is 13.4. The van der Waals surface area contributed by atoms with Crippen LogP contribution in [0.3, 0.4) is 0 Å². The van der Waals surface area contributed by atoms with Crippen molar-refractivity contribution in [3.8, 4) is 5.88 Å². The van der Waals surface area contributed by atoms with Crippen LogP contribution in [0.25, 0.3) is 0 Å². The summed E-state index contributed by atoms with van der Waals surface area (Å²) >= 11 is 0. The lowest BCUT2D eigenvalue weighted by Gasteiger charge is -2.40. The van der Waals surface area contributed by atoms with Gasteiger partial charge in [0, 0.05) is 37.9 Å². The molecule has 0 unspecified atom stereocenters. The number of carbonyl (C=O) groups is 1. The molecule has 0 aromatic carbocycles. The molecule has 7 heteroatoms. The van der Waals surface area contributed by atoms with E-state index in [1.807, 2.05) is 23.1 Å². The third-order valence-electron chi connectivity index (χ3n) is 4.54. The van der Waals surface area contributed by atoms with Gasteiger partial charge in [0.05, 0.1) is 6.04 Å². The minimum absolute atomic E-state index is 0.00281. The molecule has 24 heavy (non-hydrogen) atoms. The topological polar surface area (TPSA) is 77.7 Å². The van der Waals surface area contributed by atoms with Crippen molar-refractivity contribution in [2.75, 3.05) is 13.2 Å². The van der Waals surface area contributed by atoms with Crippen molar-refractivity contribution in [2.24, 2.45) is 0 Å². The number of fused-ring (bicyclic) bond motifs is 1. The average molecular weight is 329 g/mol. The highest BCUT2D eigenvalue weighted by Crippen LogP contribution is 2.31. The maximum atomic E-state index is 12.7. The second-order valence-corrected chi connectivity index (χ2v) is 6.13. The van der Waals surface area contributed by atoms with Crippen LogP contribution in [0.4, 0.5) is 0 Å². The summed E-state index contributed by atoms with van der Waals surface area (Å²) in [6, 6.07) is 7.24. The molecule has 0 radical (unpaired) electrons. The highest BCUT2D eigenvalue weighted by Gasteiger charge is 2.46. The van der Waals surface area contributed by atoms with Crippen LogP contribution in [0.5, 0.6) is 5.88 Å². The maximum absolute atomic E-state index is 12.7. The Bertz CT molecular complexity index is 718. The van der Waals surface area contributed by atoms with Crippen LogP contribution in [0.1, 0.15) is 29.1 Å². The van der Waals surface area contributed by atoms with Crippen molar-refractivity contribution in [1.29, 1.82) is 0 Å². The minimum Gasteiger partial charge on any atom is -0.471 e. The average Bonchev–Trinajstić information content (AvgIpc) is 3.25. The predicted octanol–water partition coefficient (Wildman–Crippen LogP) is 1.83. The van der Waals surface area contributed by atoms with Crippen molar-refractivity contribution in [3.05, 3.63) is 41.9 Å². The second kappa shape index (κ2) is 6.24. The van der Waals surface area contributed by atoms with E-state index in [-0.39, 0.29) is 24.2 Å². The first-order chi connectivity index (χ1) is 11.7. The van der Waals surface area contributed by atoms with Crippen LogP contribution < -0.4 is 4.74 Å². The molecular weight excluding hydrogens is 310 g/mol. The smallest absolute Gasteiger partial charge is 0.276 e. The lowest BCUT2D eigenvalue weighted by molar-refractivity contribution is -0.0478. The van der Waals surface area contributed by atoms with Gasteiger partial charge in [-0.1, -0.05) is 11.2 Å². The minimum atomic E-state index is -0.141. The molecule has 2 saturated heterocycles. The summed E-state index contributed by atoms with van der Waals surface area (Å²) in [6.45, 7) is 3.00. The van der Waals surface area contributed by atoms with Crippen LogP contribution >= 0.6 is 0 Å².